The molecule has 1 aliphatic rings. The van der Waals surface area contributed by atoms with E-state index >= 15 is 0 Å². The zero-order chi connectivity index (χ0) is 14.8. The van der Waals surface area contributed by atoms with E-state index in [4.69, 9.17) is 9.47 Å². The molecule has 1 saturated heterocycles. The molecule has 0 bridgehead atoms. The van der Waals surface area contributed by atoms with Crippen LogP contribution in [0.3, 0.4) is 0 Å². The van der Waals surface area contributed by atoms with Gasteiger partial charge in [-0.1, -0.05) is 42.5 Å². The Kier molecular flexibility index (Phi) is 3.39. The third-order valence-electron chi connectivity index (χ3n) is 3.24. The summed E-state index contributed by atoms with van der Waals surface area (Å²) >= 11 is 0. The first kappa shape index (κ1) is 13.3. The van der Waals surface area contributed by atoms with Gasteiger partial charge in [-0.25, -0.2) is 9.18 Å². The number of hydrogen-bond acceptors (Lipinski definition) is 4. The number of carbonyl (C=O) groups excluding carboxylic acids is 2. The second-order valence-corrected chi connectivity index (χ2v) is 4.61. The van der Waals surface area contributed by atoms with E-state index in [1.165, 1.54) is 24.3 Å². The fourth-order valence-corrected chi connectivity index (χ4v) is 2.21. The number of halogens is 1. The summed E-state index contributed by atoms with van der Waals surface area (Å²) in [5.74, 6) is -0.759. The van der Waals surface area contributed by atoms with Crippen molar-refractivity contribution in [2.75, 3.05) is 0 Å². The Morgan fingerprint density at radius 2 is 1.62 bits per heavy atom. The van der Waals surface area contributed by atoms with Gasteiger partial charge in [-0.15, -0.1) is 0 Å². The van der Waals surface area contributed by atoms with Gasteiger partial charge in [-0.05, 0) is 17.7 Å². The molecule has 4 nitrogen and oxygen atoms in total. The van der Waals surface area contributed by atoms with Crippen LogP contribution in [0.2, 0.25) is 0 Å². The van der Waals surface area contributed by atoms with E-state index in [9.17, 15) is 14.0 Å². The Hall–Kier alpha value is -2.69. The predicted molar refractivity (Wildman–Crippen MR) is 71.3 cm³/mol. The average Bonchev–Trinajstić information content (AvgIpc) is 2.90. The number of rotatable bonds is 3. The smallest absolute Gasteiger partial charge is 0.422 e. The quantitative estimate of drug-likeness (QED) is 0.642. The molecule has 0 radical (unpaired) electrons. The van der Waals surface area contributed by atoms with Gasteiger partial charge in [0.25, 0.3) is 0 Å². The van der Waals surface area contributed by atoms with Gasteiger partial charge >= 0.3 is 6.16 Å². The van der Waals surface area contributed by atoms with E-state index < -0.39 is 24.2 Å². The van der Waals surface area contributed by atoms with Crippen LogP contribution in [-0.4, -0.2) is 18.0 Å². The van der Waals surface area contributed by atoms with Crippen molar-refractivity contribution in [3.05, 3.63) is 71.5 Å². The standard InChI is InChI=1S/C16H11FO4/c17-12-8-6-11(7-9-12)14-15(21-16(19)20-14)13(18)10-4-2-1-3-5-10/h1-9,14-15H/t14-,15-/m0/s1. The largest absolute Gasteiger partial charge is 0.509 e. The van der Waals surface area contributed by atoms with Gasteiger partial charge in [0.15, 0.2) is 6.10 Å². The molecule has 3 rings (SSSR count). The van der Waals surface area contributed by atoms with Gasteiger partial charge in [-0.3, -0.25) is 4.79 Å². The molecule has 2 atom stereocenters. The van der Waals surface area contributed by atoms with Gasteiger partial charge < -0.3 is 9.47 Å². The first-order chi connectivity index (χ1) is 10.1. The summed E-state index contributed by atoms with van der Waals surface area (Å²) in [6, 6.07) is 13.9. The highest BCUT2D eigenvalue weighted by atomic mass is 19.1. The van der Waals surface area contributed by atoms with Crippen molar-refractivity contribution in [2.45, 2.75) is 12.2 Å². The summed E-state index contributed by atoms with van der Waals surface area (Å²) in [7, 11) is 0. The Bertz CT molecular complexity index is 666. The molecular formula is C16H11FO4. The zero-order valence-corrected chi connectivity index (χ0v) is 10.9. The monoisotopic (exact) mass is 286 g/mol. The molecule has 0 unspecified atom stereocenters. The maximum atomic E-state index is 13.0. The molecular weight excluding hydrogens is 275 g/mol. The average molecular weight is 286 g/mol. The molecule has 0 spiro atoms. The molecule has 1 fully saturated rings. The van der Waals surface area contributed by atoms with Gasteiger partial charge in [0, 0.05) is 5.56 Å². The lowest BCUT2D eigenvalue weighted by molar-refractivity contribution is 0.0716. The summed E-state index contributed by atoms with van der Waals surface area (Å²) in [5, 5.41) is 0. The van der Waals surface area contributed by atoms with Gasteiger partial charge in [0.2, 0.25) is 11.9 Å². The summed E-state index contributed by atoms with van der Waals surface area (Å²) < 4.78 is 23.0. The third kappa shape index (κ3) is 2.63. The molecule has 1 heterocycles. The summed E-state index contributed by atoms with van der Waals surface area (Å²) in [5.41, 5.74) is 0.935. The molecule has 0 aliphatic carbocycles. The molecule has 21 heavy (non-hydrogen) atoms. The molecule has 2 aromatic rings. The van der Waals surface area contributed by atoms with Crippen LogP contribution in [0.1, 0.15) is 22.0 Å². The number of ether oxygens (including phenoxy) is 2. The van der Waals surface area contributed by atoms with Gasteiger partial charge in [0.05, 0.1) is 0 Å². The molecule has 2 aromatic carbocycles. The maximum Gasteiger partial charge on any atom is 0.509 e. The number of carbonyl (C=O) groups is 2. The van der Waals surface area contributed by atoms with Crippen LogP contribution in [0, 0.1) is 5.82 Å². The zero-order valence-electron chi connectivity index (χ0n) is 10.9. The fraction of sp³-hybridized carbons (Fsp3) is 0.125. The molecule has 106 valence electrons. The van der Waals surface area contributed by atoms with Crippen molar-refractivity contribution in [1.29, 1.82) is 0 Å². The highest BCUT2D eigenvalue weighted by Crippen LogP contribution is 2.32. The van der Waals surface area contributed by atoms with E-state index in [0.29, 0.717) is 11.1 Å². The van der Waals surface area contributed by atoms with Crippen LogP contribution in [0.4, 0.5) is 9.18 Å². The second-order valence-electron chi connectivity index (χ2n) is 4.61. The number of cyclic esters (lactones) is 2. The Morgan fingerprint density at radius 1 is 0.952 bits per heavy atom. The summed E-state index contributed by atoms with van der Waals surface area (Å²) in [6.07, 6.45) is -2.84. The van der Waals surface area contributed by atoms with Crippen molar-refractivity contribution in [3.8, 4) is 0 Å². The highest BCUT2D eigenvalue weighted by Gasteiger charge is 2.42. The SMILES string of the molecule is O=C1O[C@@H](C(=O)c2ccccc2)[C@H](c2ccc(F)cc2)O1. The molecule has 1 aliphatic heterocycles. The van der Waals surface area contributed by atoms with Crippen molar-refractivity contribution < 1.29 is 23.5 Å². The molecule has 0 aromatic heterocycles. The van der Waals surface area contributed by atoms with Crippen molar-refractivity contribution in [3.63, 3.8) is 0 Å². The minimum atomic E-state index is -1.06. The van der Waals surface area contributed by atoms with E-state index in [0.717, 1.165) is 0 Å². The number of Topliss-reactive ketones (excluding diaryl/α,β-unsaturated/α-hetero) is 1. The lowest BCUT2D eigenvalue weighted by Crippen LogP contribution is -2.26. The first-order valence-electron chi connectivity index (χ1n) is 6.37. The predicted octanol–water partition coefficient (Wildman–Crippen LogP) is 3.29. The maximum absolute atomic E-state index is 13.0. The lowest BCUT2D eigenvalue weighted by Gasteiger charge is -2.14. The van der Waals surface area contributed by atoms with Crippen molar-refractivity contribution >= 4 is 11.9 Å². The Morgan fingerprint density at radius 3 is 2.29 bits per heavy atom. The van der Waals surface area contributed by atoms with Gasteiger partial charge in [-0.2, -0.15) is 0 Å². The van der Waals surface area contributed by atoms with Gasteiger partial charge in [0.1, 0.15) is 5.82 Å². The lowest BCUT2D eigenvalue weighted by atomic mass is 9.97. The molecule has 0 amide bonds. The number of ketones is 1. The van der Waals surface area contributed by atoms with Crippen LogP contribution in [0.15, 0.2) is 54.6 Å². The normalized spacial score (nSPS) is 20.7. The van der Waals surface area contributed by atoms with Crippen LogP contribution < -0.4 is 0 Å². The highest BCUT2D eigenvalue weighted by molar-refractivity contribution is 6.01. The number of benzene rings is 2. The van der Waals surface area contributed by atoms with E-state index in [2.05, 4.69) is 0 Å². The summed E-state index contributed by atoms with van der Waals surface area (Å²) in [6.45, 7) is 0. The Labute approximate surface area is 120 Å². The van der Waals surface area contributed by atoms with Crippen LogP contribution in [0.5, 0.6) is 0 Å². The van der Waals surface area contributed by atoms with E-state index in [-0.39, 0.29) is 5.78 Å². The Balaban J connectivity index is 1.91. The van der Waals surface area contributed by atoms with Crippen LogP contribution in [-0.2, 0) is 9.47 Å². The van der Waals surface area contributed by atoms with Crippen LogP contribution in [0.25, 0.3) is 0 Å². The third-order valence-corrected chi connectivity index (χ3v) is 3.24. The molecule has 5 heteroatoms. The van der Waals surface area contributed by atoms with Crippen molar-refractivity contribution in [1.82, 2.24) is 0 Å². The minimum Gasteiger partial charge on any atom is -0.422 e. The van der Waals surface area contributed by atoms with E-state index in [1.54, 1.807) is 30.3 Å². The molecule has 0 saturated carbocycles. The summed E-state index contributed by atoms with van der Waals surface area (Å²) in [4.78, 5) is 23.8. The second kappa shape index (κ2) is 5.36. The molecule has 0 N–H and O–H groups in total. The van der Waals surface area contributed by atoms with Crippen molar-refractivity contribution in [2.24, 2.45) is 0 Å². The minimum absolute atomic E-state index is 0.351. The van der Waals surface area contributed by atoms with Crippen LogP contribution >= 0.6 is 0 Å². The fourth-order valence-electron chi connectivity index (χ4n) is 2.21. The van der Waals surface area contributed by atoms with E-state index in [1.807, 2.05) is 0 Å². The number of hydrogen-bond donors (Lipinski definition) is 0. The topological polar surface area (TPSA) is 52.6 Å². The first-order valence-corrected chi connectivity index (χ1v) is 6.37.